The van der Waals surface area contributed by atoms with Gasteiger partial charge in [-0.2, -0.15) is 35.5 Å². The number of hydrazine groups is 1. The molecule has 32 heavy (non-hydrogen) atoms. The molecular weight excluding hydrogens is 486 g/mol. The topological polar surface area (TPSA) is 90.9 Å². The van der Waals surface area contributed by atoms with Crippen LogP contribution in [0.1, 0.15) is 26.7 Å². The van der Waals surface area contributed by atoms with E-state index in [1.165, 1.54) is 28.6 Å². The van der Waals surface area contributed by atoms with Crippen molar-refractivity contribution in [1.29, 1.82) is 0 Å². The molecule has 0 aromatic heterocycles. The van der Waals surface area contributed by atoms with Gasteiger partial charge in [0.25, 0.3) is 0 Å². The third kappa shape index (κ3) is 5.38. The summed E-state index contributed by atoms with van der Waals surface area (Å²) in [5, 5.41) is 0. The van der Waals surface area contributed by atoms with Crippen LogP contribution in [0.5, 0.6) is 0 Å². The normalized spacial score (nSPS) is 19.1. The van der Waals surface area contributed by atoms with E-state index in [0.717, 1.165) is 19.8 Å². The highest BCUT2D eigenvalue weighted by atomic mass is 32.2. The van der Waals surface area contributed by atoms with Gasteiger partial charge in [0.05, 0.1) is 14.6 Å². The number of benzene rings is 1. The SMILES string of the molecule is C=S(=O)(NNC(C)=NC(C)(C(F)(F)F)C(F)(F)F)c1ccc(S(=O)(=O)N2CCCC2)cc1. The number of aliphatic imine (C=N–C) groups is 1. The Kier molecular flexibility index (Phi) is 7.29. The summed E-state index contributed by atoms with van der Waals surface area (Å²) in [6.07, 6.45) is -9.97. The summed E-state index contributed by atoms with van der Waals surface area (Å²) in [5.74, 6) is 2.53. The van der Waals surface area contributed by atoms with Crippen molar-refractivity contribution in [2.24, 2.45) is 4.99 Å². The molecule has 0 aliphatic carbocycles. The maximum Gasteiger partial charge on any atom is 0.422 e. The molecule has 1 heterocycles. The summed E-state index contributed by atoms with van der Waals surface area (Å²) in [4.78, 5) is 4.67. The Hall–Kier alpha value is -1.84. The Labute approximate surface area is 182 Å². The Balaban J connectivity index is 2.19. The number of halogens is 6. The van der Waals surface area contributed by atoms with Gasteiger partial charge in [0, 0.05) is 18.0 Å². The molecule has 1 aliphatic rings. The van der Waals surface area contributed by atoms with E-state index in [9.17, 15) is 39.0 Å². The van der Waals surface area contributed by atoms with Crippen molar-refractivity contribution in [2.75, 3.05) is 13.1 Å². The van der Waals surface area contributed by atoms with Gasteiger partial charge in [-0.15, -0.1) is 0 Å². The van der Waals surface area contributed by atoms with Crippen LogP contribution >= 0.6 is 0 Å². The molecular formula is C17H22F6N4O3S2. The zero-order valence-electron chi connectivity index (χ0n) is 17.0. The molecule has 15 heteroatoms. The fraction of sp³-hybridized carbons (Fsp3) is 0.529. The van der Waals surface area contributed by atoms with E-state index in [0.29, 0.717) is 13.1 Å². The number of amidine groups is 1. The minimum absolute atomic E-state index is 0.0347. The van der Waals surface area contributed by atoms with Crippen LogP contribution in [-0.2, 0) is 19.7 Å². The zero-order chi connectivity index (χ0) is 24.6. The summed E-state index contributed by atoms with van der Waals surface area (Å²) in [6.45, 7) is 1.47. The van der Waals surface area contributed by atoms with Crippen LogP contribution in [0.15, 0.2) is 39.0 Å². The van der Waals surface area contributed by atoms with Crippen molar-refractivity contribution in [3.05, 3.63) is 24.3 Å². The molecule has 7 nitrogen and oxygen atoms in total. The lowest BCUT2D eigenvalue weighted by atomic mass is 10.0. The molecule has 1 unspecified atom stereocenters. The van der Waals surface area contributed by atoms with E-state index in [4.69, 9.17) is 0 Å². The van der Waals surface area contributed by atoms with Crippen LogP contribution in [0.2, 0.25) is 0 Å². The standard InChI is InChI=1S/C17H22F6N4O3S2/c1-12(24-15(2,16(18,19)20)17(21,22)23)25-26-31(3,28)13-6-8-14(9-7-13)32(29,30)27-10-4-5-11-27/h6-9H,3-5,10-11H2,1-2H3,(H,24,25)(H,26,28). The first-order valence-electron chi connectivity index (χ1n) is 9.12. The van der Waals surface area contributed by atoms with Crippen molar-refractivity contribution in [3.8, 4) is 0 Å². The molecule has 1 atom stereocenters. The van der Waals surface area contributed by atoms with Crippen LogP contribution in [0.25, 0.3) is 0 Å². The van der Waals surface area contributed by atoms with Crippen molar-refractivity contribution in [3.63, 3.8) is 0 Å². The van der Waals surface area contributed by atoms with Crippen molar-refractivity contribution in [1.82, 2.24) is 14.6 Å². The fourth-order valence-corrected chi connectivity index (χ4v) is 5.30. The van der Waals surface area contributed by atoms with Gasteiger partial charge >= 0.3 is 12.4 Å². The highest BCUT2D eigenvalue weighted by molar-refractivity contribution is 7.98. The Bertz CT molecular complexity index is 1040. The van der Waals surface area contributed by atoms with Crippen LogP contribution in [0.3, 0.4) is 0 Å². The number of nitrogens with zero attached hydrogens (tertiary/aromatic N) is 2. The van der Waals surface area contributed by atoms with Crippen molar-refractivity contribution >= 4 is 31.4 Å². The molecule has 0 bridgehead atoms. The number of hydrogen-bond acceptors (Lipinski definition) is 4. The van der Waals surface area contributed by atoms with Crippen molar-refractivity contribution in [2.45, 2.75) is 54.4 Å². The van der Waals surface area contributed by atoms with Crippen LogP contribution in [-0.4, -0.2) is 59.6 Å². The Morgan fingerprint density at radius 1 is 0.969 bits per heavy atom. The second-order valence-electron chi connectivity index (χ2n) is 7.25. The number of sulfonamides is 1. The maximum absolute atomic E-state index is 12.9. The van der Waals surface area contributed by atoms with E-state index in [1.807, 2.05) is 5.43 Å². The van der Waals surface area contributed by atoms with Gasteiger partial charge in [-0.05, 0) is 56.8 Å². The molecule has 0 saturated carbocycles. The summed E-state index contributed by atoms with van der Waals surface area (Å²) < 4.78 is 117. The van der Waals surface area contributed by atoms with Gasteiger partial charge in [-0.25, -0.2) is 17.6 Å². The maximum atomic E-state index is 12.9. The van der Waals surface area contributed by atoms with E-state index < -0.39 is 43.5 Å². The molecule has 1 aromatic rings. The predicted molar refractivity (Wildman–Crippen MR) is 108 cm³/mol. The summed E-state index contributed by atoms with van der Waals surface area (Å²) in [5.41, 5.74) is -2.44. The summed E-state index contributed by atoms with van der Waals surface area (Å²) in [7, 11) is -7.20. The Morgan fingerprint density at radius 2 is 1.41 bits per heavy atom. The monoisotopic (exact) mass is 508 g/mol. The molecule has 1 aliphatic heterocycles. The van der Waals surface area contributed by atoms with Crippen LogP contribution < -0.4 is 10.3 Å². The fourth-order valence-electron chi connectivity index (χ4n) is 2.78. The van der Waals surface area contributed by atoms with Gasteiger partial charge in [0.15, 0.2) is 0 Å². The third-order valence-corrected chi connectivity index (χ3v) is 8.18. The van der Waals surface area contributed by atoms with Crippen LogP contribution in [0.4, 0.5) is 26.3 Å². The van der Waals surface area contributed by atoms with E-state index in [2.05, 4.69) is 15.7 Å². The lowest BCUT2D eigenvalue weighted by Gasteiger charge is -2.30. The highest BCUT2D eigenvalue weighted by Crippen LogP contribution is 2.45. The molecule has 2 N–H and O–H groups in total. The minimum Gasteiger partial charge on any atom is -0.298 e. The summed E-state index contributed by atoms with van der Waals surface area (Å²) in [6, 6.07) is 4.77. The third-order valence-electron chi connectivity index (χ3n) is 4.80. The van der Waals surface area contributed by atoms with Gasteiger partial charge in [0.1, 0.15) is 5.84 Å². The molecule has 1 fully saturated rings. The average Bonchev–Trinajstić information content (AvgIpc) is 3.20. The van der Waals surface area contributed by atoms with E-state index in [1.54, 1.807) is 0 Å². The molecule has 1 saturated heterocycles. The molecule has 182 valence electrons. The number of rotatable bonds is 6. The van der Waals surface area contributed by atoms with Gasteiger partial charge < -0.3 is 0 Å². The van der Waals surface area contributed by atoms with Gasteiger partial charge in [-0.3, -0.25) is 5.43 Å². The molecule has 0 radical (unpaired) electrons. The largest absolute Gasteiger partial charge is 0.422 e. The zero-order valence-corrected chi connectivity index (χ0v) is 18.7. The number of hydrogen-bond donors (Lipinski definition) is 2. The lowest BCUT2D eigenvalue weighted by molar-refractivity contribution is -0.289. The quantitative estimate of drug-likeness (QED) is 0.203. The first kappa shape index (κ1) is 26.4. The van der Waals surface area contributed by atoms with Gasteiger partial charge in [0.2, 0.25) is 15.6 Å². The highest BCUT2D eigenvalue weighted by Gasteiger charge is 2.68. The average molecular weight is 509 g/mol. The molecule has 0 spiro atoms. The van der Waals surface area contributed by atoms with Crippen molar-refractivity contribution < 1.29 is 39.0 Å². The molecule has 2 rings (SSSR count). The number of alkyl halides is 6. The summed E-state index contributed by atoms with van der Waals surface area (Å²) >= 11 is 0. The molecule has 0 amide bonds. The minimum atomic E-state index is -5.73. The first-order chi connectivity index (χ1) is 14.4. The first-order valence-corrected chi connectivity index (χ1v) is 12.3. The van der Waals surface area contributed by atoms with Gasteiger partial charge in [-0.1, -0.05) is 0 Å². The van der Waals surface area contributed by atoms with Crippen LogP contribution in [0, 0.1) is 0 Å². The second-order valence-corrected chi connectivity index (χ2v) is 11.2. The lowest BCUT2D eigenvalue weighted by Crippen LogP contribution is -2.54. The smallest absolute Gasteiger partial charge is 0.298 e. The predicted octanol–water partition coefficient (Wildman–Crippen LogP) is 2.86. The number of nitrogens with one attached hydrogen (secondary N) is 2. The second kappa shape index (κ2) is 8.83. The Morgan fingerprint density at radius 3 is 1.84 bits per heavy atom. The van der Waals surface area contributed by atoms with E-state index >= 15 is 0 Å². The van der Waals surface area contributed by atoms with E-state index in [-0.39, 0.29) is 16.7 Å². The molecule has 1 aromatic carbocycles.